The van der Waals surface area contributed by atoms with Crippen LogP contribution < -0.4 is 0 Å². The summed E-state index contributed by atoms with van der Waals surface area (Å²) in [4.78, 5) is 6.47. The quantitative estimate of drug-likeness (QED) is 0.860. The lowest BCUT2D eigenvalue weighted by atomic mass is 10.2. The summed E-state index contributed by atoms with van der Waals surface area (Å²) < 4.78 is 0. The van der Waals surface area contributed by atoms with Crippen LogP contribution in [0.15, 0.2) is 11.4 Å². The molecule has 0 aromatic carbocycles. The van der Waals surface area contributed by atoms with E-state index in [1.54, 1.807) is 11.3 Å². The first-order chi connectivity index (χ1) is 9.72. The van der Waals surface area contributed by atoms with Crippen molar-refractivity contribution in [2.24, 2.45) is 0 Å². The average molecular weight is 292 g/mol. The number of thiophene rings is 1. The maximum Gasteiger partial charge on any atom is 0.104 e. The van der Waals surface area contributed by atoms with Crippen LogP contribution in [0.4, 0.5) is 0 Å². The predicted octanol–water partition coefficient (Wildman–Crippen LogP) is 2.01. The Morgan fingerprint density at radius 1 is 1.35 bits per heavy atom. The summed E-state index contributed by atoms with van der Waals surface area (Å²) in [5.41, 5.74) is 1.03. The summed E-state index contributed by atoms with van der Waals surface area (Å²) in [5, 5.41) is 10.8. The van der Waals surface area contributed by atoms with Gasteiger partial charge in [0.25, 0.3) is 0 Å². The lowest BCUT2D eigenvalue weighted by Gasteiger charge is -2.37. The van der Waals surface area contributed by atoms with E-state index in [1.807, 2.05) is 0 Å². The molecule has 1 aliphatic rings. The minimum atomic E-state index is -0.0667. The topological polar surface area (TPSA) is 26.7 Å². The Kier molecular flexibility index (Phi) is 6.06. The lowest BCUT2D eigenvalue weighted by molar-refractivity contribution is 0.0970. The van der Waals surface area contributed by atoms with E-state index < -0.39 is 0 Å². The molecule has 1 unspecified atom stereocenters. The van der Waals surface area contributed by atoms with Gasteiger partial charge in [-0.2, -0.15) is 0 Å². The predicted molar refractivity (Wildman–Crippen MR) is 84.9 cm³/mol. The van der Waals surface area contributed by atoms with E-state index in [2.05, 4.69) is 46.9 Å². The third kappa shape index (κ3) is 4.32. The Balaban J connectivity index is 1.82. The van der Waals surface area contributed by atoms with Crippen LogP contribution in [0.2, 0.25) is 0 Å². The molecule has 0 spiro atoms. The average Bonchev–Trinajstić information content (AvgIpc) is 2.92. The second-order valence-electron chi connectivity index (χ2n) is 5.33. The van der Waals surface area contributed by atoms with E-state index >= 15 is 0 Å². The smallest absolute Gasteiger partial charge is 0.104 e. The number of piperazine rings is 1. The minimum absolute atomic E-state index is 0.0667. The van der Waals surface area contributed by atoms with Crippen LogP contribution in [0.3, 0.4) is 0 Å². The van der Waals surface area contributed by atoms with Crippen molar-refractivity contribution < 1.29 is 5.11 Å². The van der Waals surface area contributed by atoms with Crippen LogP contribution in [-0.2, 0) is 6.54 Å². The molecule has 1 aromatic heterocycles. The summed E-state index contributed by atoms with van der Waals surface area (Å²) >= 11 is 1.77. The van der Waals surface area contributed by atoms with Crippen LogP contribution in [-0.4, -0.2) is 53.7 Å². The number of aliphatic hydroxyl groups excluding tert-OH is 1. The second-order valence-corrected chi connectivity index (χ2v) is 6.33. The monoisotopic (exact) mass is 292 g/mol. The molecule has 2 rings (SSSR count). The summed E-state index contributed by atoms with van der Waals surface area (Å²) in [7, 11) is 0. The Morgan fingerprint density at radius 3 is 2.75 bits per heavy atom. The fourth-order valence-corrected chi connectivity index (χ4v) is 3.37. The van der Waals surface area contributed by atoms with Gasteiger partial charge in [-0.15, -0.1) is 11.3 Å². The Hall–Kier alpha value is -0.860. The largest absolute Gasteiger partial charge is 0.384 e. The molecule has 0 aliphatic carbocycles. The molecule has 1 fully saturated rings. The van der Waals surface area contributed by atoms with Gasteiger partial charge in [-0.1, -0.05) is 18.8 Å². The minimum Gasteiger partial charge on any atom is -0.384 e. The van der Waals surface area contributed by atoms with Gasteiger partial charge in [0, 0.05) is 54.6 Å². The molecule has 0 saturated carbocycles. The standard InChI is InChI=1S/C16H24N2OS/c1-3-14(2)18-8-6-17(7-9-18)12-16-11-15(13-20-16)5-4-10-19/h11,13-14,19H,3,6-10,12H2,1-2H3. The maximum atomic E-state index is 8.70. The van der Waals surface area contributed by atoms with E-state index in [0.717, 1.165) is 25.2 Å². The lowest BCUT2D eigenvalue weighted by Crippen LogP contribution is -2.48. The molecule has 1 aliphatic heterocycles. The van der Waals surface area contributed by atoms with Crippen molar-refractivity contribution in [2.75, 3.05) is 32.8 Å². The highest BCUT2D eigenvalue weighted by atomic mass is 32.1. The molecule has 0 amide bonds. The molecule has 110 valence electrons. The Morgan fingerprint density at radius 2 is 2.10 bits per heavy atom. The highest BCUT2D eigenvalue weighted by Gasteiger charge is 2.20. The van der Waals surface area contributed by atoms with Crippen LogP contribution in [0.5, 0.6) is 0 Å². The molecule has 2 heterocycles. The number of hydrogen-bond donors (Lipinski definition) is 1. The Bertz CT molecular complexity index is 466. The van der Waals surface area contributed by atoms with Crippen molar-refractivity contribution in [2.45, 2.75) is 32.9 Å². The first-order valence-corrected chi connectivity index (χ1v) is 8.24. The van der Waals surface area contributed by atoms with Crippen LogP contribution >= 0.6 is 11.3 Å². The van der Waals surface area contributed by atoms with Gasteiger partial charge < -0.3 is 5.11 Å². The molecule has 1 atom stereocenters. The van der Waals surface area contributed by atoms with E-state index in [-0.39, 0.29) is 6.61 Å². The van der Waals surface area contributed by atoms with Crippen molar-refractivity contribution in [3.05, 3.63) is 21.9 Å². The molecule has 1 saturated heterocycles. The molecule has 20 heavy (non-hydrogen) atoms. The molecular formula is C16H24N2OS. The van der Waals surface area contributed by atoms with Gasteiger partial charge in [0.15, 0.2) is 0 Å². The summed E-state index contributed by atoms with van der Waals surface area (Å²) in [5.74, 6) is 5.66. The zero-order valence-corrected chi connectivity index (χ0v) is 13.2. The van der Waals surface area contributed by atoms with E-state index in [4.69, 9.17) is 5.11 Å². The molecule has 1 N–H and O–H groups in total. The van der Waals surface area contributed by atoms with Crippen molar-refractivity contribution >= 4 is 11.3 Å². The van der Waals surface area contributed by atoms with Crippen LogP contribution in [0.1, 0.15) is 30.7 Å². The molecule has 4 heteroatoms. The summed E-state index contributed by atoms with van der Waals surface area (Å²) in [6, 6.07) is 2.85. The van der Waals surface area contributed by atoms with Crippen molar-refractivity contribution in [3.8, 4) is 11.8 Å². The van der Waals surface area contributed by atoms with Gasteiger partial charge in [0.05, 0.1) is 0 Å². The number of hydrogen-bond acceptors (Lipinski definition) is 4. The van der Waals surface area contributed by atoms with Crippen LogP contribution in [0, 0.1) is 11.8 Å². The van der Waals surface area contributed by atoms with E-state index in [9.17, 15) is 0 Å². The van der Waals surface area contributed by atoms with Gasteiger partial charge in [-0.3, -0.25) is 9.80 Å². The highest BCUT2D eigenvalue weighted by molar-refractivity contribution is 7.10. The molecular weight excluding hydrogens is 268 g/mol. The second kappa shape index (κ2) is 7.80. The fraction of sp³-hybridized carbons (Fsp3) is 0.625. The highest BCUT2D eigenvalue weighted by Crippen LogP contribution is 2.18. The first kappa shape index (κ1) is 15.5. The van der Waals surface area contributed by atoms with Crippen LogP contribution in [0.25, 0.3) is 0 Å². The molecule has 0 bridgehead atoms. The van der Waals surface area contributed by atoms with Gasteiger partial charge >= 0.3 is 0 Å². The molecule has 0 radical (unpaired) electrons. The van der Waals surface area contributed by atoms with Gasteiger partial charge in [-0.25, -0.2) is 0 Å². The fourth-order valence-electron chi connectivity index (χ4n) is 2.51. The van der Waals surface area contributed by atoms with Crippen molar-refractivity contribution in [3.63, 3.8) is 0 Å². The summed E-state index contributed by atoms with van der Waals surface area (Å²) in [6.07, 6.45) is 1.23. The molecule has 3 nitrogen and oxygen atoms in total. The third-order valence-corrected chi connectivity index (χ3v) is 4.89. The van der Waals surface area contributed by atoms with Gasteiger partial charge in [-0.05, 0) is 19.4 Å². The number of rotatable bonds is 4. The van der Waals surface area contributed by atoms with Gasteiger partial charge in [0.1, 0.15) is 6.61 Å². The number of nitrogens with zero attached hydrogens (tertiary/aromatic N) is 2. The number of aliphatic hydroxyl groups is 1. The Labute approximate surface area is 126 Å². The van der Waals surface area contributed by atoms with E-state index in [1.165, 1.54) is 24.4 Å². The SMILES string of the molecule is CCC(C)N1CCN(Cc2cc(C#CCO)cs2)CC1. The van der Waals surface area contributed by atoms with E-state index in [0.29, 0.717) is 6.04 Å². The summed E-state index contributed by atoms with van der Waals surface area (Å²) in [6.45, 7) is 10.2. The first-order valence-electron chi connectivity index (χ1n) is 7.36. The van der Waals surface area contributed by atoms with Crippen molar-refractivity contribution in [1.29, 1.82) is 0 Å². The van der Waals surface area contributed by atoms with Gasteiger partial charge in [0.2, 0.25) is 0 Å². The zero-order valence-electron chi connectivity index (χ0n) is 12.4. The third-order valence-electron chi connectivity index (χ3n) is 3.97. The molecule has 1 aromatic rings. The zero-order chi connectivity index (χ0) is 14.4. The van der Waals surface area contributed by atoms with Crippen molar-refractivity contribution in [1.82, 2.24) is 9.80 Å². The maximum absolute atomic E-state index is 8.70. The normalized spacial score (nSPS) is 18.6.